The van der Waals surface area contributed by atoms with Crippen molar-refractivity contribution in [1.82, 2.24) is 0 Å². The highest BCUT2D eigenvalue weighted by Crippen LogP contribution is 2.07. The lowest BCUT2D eigenvalue weighted by molar-refractivity contribution is -0.137. The van der Waals surface area contributed by atoms with E-state index in [2.05, 4.69) is 0 Å². The molecule has 0 spiro atoms. The fraction of sp³-hybridized carbons (Fsp3) is 0.700. The van der Waals surface area contributed by atoms with Crippen molar-refractivity contribution in [3.05, 3.63) is 11.6 Å². The van der Waals surface area contributed by atoms with Gasteiger partial charge in [0.25, 0.3) is 0 Å². The molecule has 0 fully saturated rings. The fourth-order valence-electron chi connectivity index (χ4n) is 0.956. The average molecular weight is 205 g/mol. The lowest BCUT2D eigenvalue weighted by atomic mass is 10.1. The van der Waals surface area contributed by atoms with Crippen molar-refractivity contribution in [2.45, 2.75) is 33.1 Å². The normalized spacial score (nSPS) is 11.5. The van der Waals surface area contributed by atoms with Gasteiger partial charge in [0, 0.05) is 12.0 Å². The minimum absolute atomic E-state index is 0.245. The molecule has 0 aromatic heterocycles. The number of esters is 1. The zero-order valence-electron chi connectivity index (χ0n) is 8.31. The summed E-state index contributed by atoms with van der Waals surface area (Å²) in [6.07, 6.45) is 4.50. The van der Waals surface area contributed by atoms with Crippen LogP contribution in [0.3, 0.4) is 0 Å². The second-order valence-corrected chi connectivity index (χ2v) is 3.27. The van der Waals surface area contributed by atoms with Gasteiger partial charge in [-0.1, -0.05) is 5.57 Å². The largest absolute Gasteiger partial charge is 0.463 e. The Balaban J connectivity index is 3.67. The molecule has 13 heavy (non-hydrogen) atoms. The molecule has 0 rings (SSSR count). The van der Waals surface area contributed by atoms with Crippen LogP contribution in [0.4, 0.5) is 0 Å². The summed E-state index contributed by atoms with van der Waals surface area (Å²) in [7, 11) is 0. The fourth-order valence-corrected chi connectivity index (χ4v) is 1.14. The SMILES string of the molecule is CCOC(=O)C=C(C)CCCCCl. The van der Waals surface area contributed by atoms with E-state index < -0.39 is 0 Å². The maximum absolute atomic E-state index is 11.0. The van der Waals surface area contributed by atoms with E-state index in [0.29, 0.717) is 12.5 Å². The molecule has 0 atom stereocenters. The summed E-state index contributed by atoms with van der Waals surface area (Å²) >= 11 is 5.53. The number of carbonyl (C=O) groups excluding carboxylic acids is 1. The van der Waals surface area contributed by atoms with Crippen molar-refractivity contribution < 1.29 is 9.53 Å². The van der Waals surface area contributed by atoms with Crippen molar-refractivity contribution in [1.29, 1.82) is 0 Å². The summed E-state index contributed by atoms with van der Waals surface area (Å²) in [5.41, 5.74) is 1.06. The summed E-state index contributed by atoms with van der Waals surface area (Å²) in [5.74, 6) is 0.443. The quantitative estimate of drug-likeness (QED) is 0.288. The Morgan fingerprint density at radius 1 is 1.46 bits per heavy atom. The zero-order valence-corrected chi connectivity index (χ0v) is 9.06. The highest BCUT2D eigenvalue weighted by Gasteiger charge is 1.97. The Kier molecular flexibility index (Phi) is 7.80. The molecule has 0 heterocycles. The minimum Gasteiger partial charge on any atom is -0.463 e. The van der Waals surface area contributed by atoms with Crippen LogP contribution < -0.4 is 0 Å². The molecule has 0 aromatic carbocycles. The van der Waals surface area contributed by atoms with Crippen molar-refractivity contribution in [2.24, 2.45) is 0 Å². The third kappa shape index (κ3) is 7.85. The number of unbranched alkanes of at least 4 members (excludes halogenated alkanes) is 1. The molecule has 0 unspecified atom stereocenters. The number of rotatable bonds is 6. The van der Waals surface area contributed by atoms with Gasteiger partial charge in [0.05, 0.1) is 6.61 Å². The highest BCUT2D eigenvalue weighted by molar-refractivity contribution is 6.17. The zero-order chi connectivity index (χ0) is 10.1. The molecule has 0 aliphatic carbocycles. The summed E-state index contributed by atoms with van der Waals surface area (Å²) in [4.78, 5) is 11.0. The molecule has 0 saturated heterocycles. The molecule has 0 saturated carbocycles. The van der Waals surface area contributed by atoms with E-state index in [0.717, 1.165) is 24.8 Å². The molecular formula is C10H17ClO2. The molecule has 0 N–H and O–H groups in total. The summed E-state index contributed by atoms with van der Waals surface area (Å²) < 4.78 is 4.78. The maximum Gasteiger partial charge on any atom is 0.330 e. The van der Waals surface area contributed by atoms with Crippen LogP contribution in [0.1, 0.15) is 33.1 Å². The van der Waals surface area contributed by atoms with E-state index in [9.17, 15) is 4.79 Å². The number of alkyl halides is 1. The van der Waals surface area contributed by atoms with Crippen molar-refractivity contribution in [3.63, 3.8) is 0 Å². The minimum atomic E-state index is -0.245. The topological polar surface area (TPSA) is 26.3 Å². The first-order valence-electron chi connectivity index (χ1n) is 4.60. The average Bonchev–Trinajstić information content (AvgIpc) is 2.05. The number of hydrogen-bond acceptors (Lipinski definition) is 2. The first-order chi connectivity index (χ1) is 6.20. The lowest BCUT2D eigenvalue weighted by Gasteiger charge is -2.00. The standard InChI is InChI=1S/C10H17ClO2/c1-3-13-10(12)8-9(2)6-4-5-7-11/h8H,3-7H2,1-2H3. The number of allylic oxidation sites excluding steroid dienone is 1. The smallest absolute Gasteiger partial charge is 0.330 e. The van der Waals surface area contributed by atoms with Crippen LogP contribution in [0.2, 0.25) is 0 Å². The monoisotopic (exact) mass is 204 g/mol. The van der Waals surface area contributed by atoms with Crippen LogP contribution in [-0.2, 0) is 9.53 Å². The second kappa shape index (κ2) is 8.11. The van der Waals surface area contributed by atoms with Crippen LogP contribution in [0, 0.1) is 0 Å². The van der Waals surface area contributed by atoms with Gasteiger partial charge in [-0.3, -0.25) is 0 Å². The van der Waals surface area contributed by atoms with E-state index in [1.54, 1.807) is 13.0 Å². The van der Waals surface area contributed by atoms with E-state index in [1.807, 2.05) is 6.92 Å². The molecule has 0 aliphatic heterocycles. The first kappa shape index (κ1) is 12.5. The molecule has 0 bridgehead atoms. The summed E-state index contributed by atoms with van der Waals surface area (Å²) in [5, 5.41) is 0. The Bertz CT molecular complexity index is 176. The van der Waals surface area contributed by atoms with Gasteiger partial charge in [0.15, 0.2) is 0 Å². The van der Waals surface area contributed by atoms with Crippen molar-refractivity contribution in [3.8, 4) is 0 Å². The van der Waals surface area contributed by atoms with Crippen LogP contribution in [0.25, 0.3) is 0 Å². The Morgan fingerprint density at radius 3 is 2.69 bits per heavy atom. The van der Waals surface area contributed by atoms with E-state index in [-0.39, 0.29) is 5.97 Å². The van der Waals surface area contributed by atoms with Gasteiger partial charge in [0.1, 0.15) is 0 Å². The maximum atomic E-state index is 11.0. The molecule has 0 radical (unpaired) electrons. The third-order valence-electron chi connectivity index (χ3n) is 1.61. The number of halogens is 1. The second-order valence-electron chi connectivity index (χ2n) is 2.89. The van der Waals surface area contributed by atoms with Crippen LogP contribution in [0.5, 0.6) is 0 Å². The molecule has 76 valence electrons. The predicted molar refractivity (Wildman–Crippen MR) is 55.0 cm³/mol. The van der Waals surface area contributed by atoms with Gasteiger partial charge < -0.3 is 4.74 Å². The molecular weight excluding hydrogens is 188 g/mol. The Morgan fingerprint density at radius 2 is 2.15 bits per heavy atom. The molecule has 0 aromatic rings. The van der Waals surface area contributed by atoms with Gasteiger partial charge in [-0.2, -0.15) is 0 Å². The Hall–Kier alpha value is -0.500. The van der Waals surface area contributed by atoms with Gasteiger partial charge in [0.2, 0.25) is 0 Å². The first-order valence-corrected chi connectivity index (χ1v) is 5.14. The van der Waals surface area contributed by atoms with Gasteiger partial charge in [-0.15, -0.1) is 11.6 Å². The van der Waals surface area contributed by atoms with Crippen molar-refractivity contribution >= 4 is 17.6 Å². The number of ether oxygens (including phenoxy) is 1. The van der Waals surface area contributed by atoms with E-state index in [1.165, 1.54) is 0 Å². The molecule has 2 nitrogen and oxygen atoms in total. The van der Waals surface area contributed by atoms with Crippen molar-refractivity contribution in [2.75, 3.05) is 12.5 Å². The van der Waals surface area contributed by atoms with Crippen LogP contribution in [0.15, 0.2) is 11.6 Å². The Labute approximate surface area is 84.9 Å². The van der Waals surface area contributed by atoms with E-state index in [4.69, 9.17) is 16.3 Å². The molecule has 0 amide bonds. The summed E-state index contributed by atoms with van der Waals surface area (Å²) in [6.45, 7) is 4.17. The molecule has 0 aliphatic rings. The van der Waals surface area contributed by atoms with Gasteiger partial charge in [-0.25, -0.2) is 4.79 Å². The predicted octanol–water partition coefficient (Wildman–Crippen LogP) is 2.90. The van der Waals surface area contributed by atoms with Gasteiger partial charge in [-0.05, 0) is 33.1 Å². The van der Waals surface area contributed by atoms with Crippen LogP contribution >= 0.6 is 11.6 Å². The molecule has 3 heteroatoms. The van der Waals surface area contributed by atoms with Crippen LogP contribution in [-0.4, -0.2) is 18.5 Å². The lowest BCUT2D eigenvalue weighted by Crippen LogP contribution is -2.00. The highest BCUT2D eigenvalue weighted by atomic mass is 35.5. The van der Waals surface area contributed by atoms with E-state index >= 15 is 0 Å². The van der Waals surface area contributed by atoms with Gasteiger partial charge >= 0.3 is 5.97 Å². The number of carbonyl (C=O) groups is 1. The summed E-state index contributed by atoms with van der Waals surface area (Å²) in [6, 6.07) is 0. The number of hydrogen-bond donors (Lipinski definition) is 0. The third-order valence-corrected chi connectivity index (χ3v) is 1.87.